The lowest BCUT2D eigenvalue weighted by Gasteiger charge is -2.15. The largest absolute Gasteiger partial charge is 0.338 e. The highest BCUT2D eigenvalue weighted by Gasteiger charge is 2.13. The van der Waals surface area contributed by atoms with Crippen LogP contribution < -0.4 is 10.7 Å². The van der Waals surface area contributed by atoms with Crippen LogP contribution in [-0.2, 0) is 11.3 Å². The zero-order valence-corrected chi connectivity index (χ0v) is 18.2. The topological polar surface area (TPSA) is 79.8 Å². The number of para-hydroxylation sites is 4. The second-order valence-electron chi connectivity index (χ2n) is 8.18. The smallest absolute Gasteiger partial charge is 0.244 e. The normalized spacial score (nSPS) is 11.3. The van der Waals surface area contributed by atoms with E-state index in [1.807, 2.05) is 89.5 Å². The molecular weight excluding hydrogens is 424 g/mol. The zero-order valence-electron chi connectivity index (χ0n) is 18.2. The molecule has 6 nitrogen and oxygen atoms in total. The van der Waals surface area contributed by atoms with Crippen molar-refractivity contribution in [2.45, 2.75) is 6.54 Å². The number of imidazole rings is 1. The van der Waals surface area contributed by atoms with Crippen molar-refractivity contribution in [1.82, 2.24) is 14.5 Å². The molecule has 4 aromatic carbocycles. The molecule has 6 aromatic rings. The van der Waals surface area contributed by atoms with E-state index in [1.54, 1.807) is 12.1 Å². The van der Waals surface area contributed by atoms with Crippen LogP contribution in [0, 0.1) is 0 Å². The summed E-state index contributed by atoms with van der Waals surface area (Å²) < 4.78 is 1.89. The number of H-pyrrole nitrogens is 1. The quantitative estimate of drug-likeness (QED) is 0.360. The molecule has 0 unspecified atom stereocenters. The van der Waals surface area contributed by atoms with Crippen molar-refractivity contribution in [3.8, 4) is 11.4 Å². The highest BCUT2D eigenvalue weighted by atomic mass is 16.2. The Hall–Kier alpha value is -4.71. The first-order chi connectivity index (χ1) is 16.7. The van der Waals surface area contributed by atoms with Gasteiger partial charge in [0.25, 0.3) is 0 Å². The van der Waals surface area contributed by atoms with Crippen LogP contribution in [0.2, 0.25) is 0 Å². The summed E-state index contributed by atoms with van der Waals surface area (Å²) >= 11 is 0. The number of amides is 1. The average molecular weight is 444 g/mol. The van der Waals surface area contributed by atoms with Crippen molar-refractivity contribution >= 4 is 44.4 Å². The zero-order chi connectivity index (χ0) is 23.1. The van der Waals surface area contributed by atoms with Gasteiger partial charge in [0.05, 0.1) is 22.1 Å². The summed E-state index contributed by atoms with van der Waals surface area (Å²) in [5, 5.41) is 4.19. The van der Waals surface area contributed by atoms with Gasteiger partial charge < -0.3 is 14.9 Å². The molecule has 6 rings (SSSR count). The van der Waals surface area contributed by atoms with E-state index < -0.39 is 0 Å². The van der Waals surface area contributed by atoms with Gasteiger partial charge in [-0.1, -0.05) is 48.5 Å². The van der Waals surface area contributed by atoms with Crippen molar-refractivity contribution in [2.24, 2.45) is 0 Å². The Bertz CT molecular complexity index is 1670. The summed E-state index contributed by atoms with van der Waals surface area (Å²) in [6.07, 6.45) is 0. The number of aromatic amines is 1. The van der Waals surface area contributed by atoms with Crippen LogP contribution in [-0.4, -0.2) is 20.4 Å². The Morgan fingerprint density at radius 1 is 0.824 bits per heavy atom. The molecule has 0 atom stereocenters. The van der Waals surface area contributed by atoms with Gasteiger partial charge in [-0.3, -0.25) is 9.59 Å². The fraction of sp³-hybridized carbons (Fsp3) is 0.0357. The standard InChI is InChI=1S/C28H20N4O2/c33-26(17-32-24-14-5-1-10-20(24)27(34)21-11-2-6-15-25(21)32)29-19-9-7-8-18(16-19)28-30-22-12-3-4-13-23(22)31-28/h1-16H,17H2,(H,29,33)(H,30,31). The van der Waals surface area contributed by atoms with Gasteiger partial charge >= 0.3 is 0 Å². The number of anilines is 1. The average Bonchev–Trinajstić information content (AvgIpc) is 3.31. The predicted octanol–water partition coefficient (Wildman–Crippen LogP) is 5.34. The third-order valence-electron chi connectivity index (χ3n) is 5.99. The lowest BCUT2D eigenvalue weighted by atomic mass is 10.1. The molecule has 0 aliphatic carbocycles. The van der Waals surface area contributed by atoms with E-state index in [9.17, 15) is 9.59 Å². The maximum atomic E-state index is 13.1. The van der Waals surface area contributed by atoms with Crippen LogP contribution in [0.15, 0.2) is 102 Å². The van der Waals surface area contributed by atoms with Crippen molar-refractivity contribution < 1.29 is 4.79 Å². The number of nitrogens with one attached hydrogen (secondary N) is 2. The molecule has 2 heterocycles. The first-order valence-electron chi connectivity index (χ1n) is 11.0. The van der Waals surface area contributed by atoms with Gasteiger partial charge in [-0.05, 0) is 48.5 Å². The van der Waals surface area contributed by atoms with Gasteiger partial charge in [-0.15, -0.1) is 0 Å². The van der Waals surface area contributed by atoms with E-state index in [2.05, 4.69) is 15.3 Å². The molecule has 0 bridgehead atoms. The first-order valence-corrected chi connectivity index (χ1v) is 11.0. The lowest BCUT2D eigenvalue weighted by molar-refractivity contribution is -0.116. The summed E-state index contributed by atoms with van der Waals surface area (Å²) in [4.78, 5) is 34.0. The summed E-state index contributed by atoms with van der Waals surface area (Å²) in [6.45, 7) is 0.0795. The fourth-order valence-electron chi connectivity index (χ4n) is 4.43. The van der Waals surface area contributed by atoms with Crippen LogP contribution in [0.25, 0.3) is 44.2 Å². The van der Waals surface area contributed by atoms with Crippen molar-refractivity contribution in [1.29, 1.82) is 0 Å². The minimum Gasteiger partial charge on any atom is -0.338 e. The highest BCUT2D eigenvalue weighted by Crippen LogP contribution is 2.24. The van der Waals surface area contributed by atoms with E-state index in [4.69, 9.17) is 0 Å². The molecular formula is C28H20N4O2. The van der Waals surface area contributed by atoms with E-state index in [0.29, 0.717) is 16.5 Å². The fourth-order valence-corrected chi connectivity index (χ4v) is 4.43. The number of carbonyl (C=O) groups excluding carboxylic acids is 1. The molecule has 2 N–H and O–H groups in total. The number of carbonyl (C=O) groups is 1. The number of hydrogen-bond donors (Lipinski definition) is 2. The molecule has 1 amide bonds. The molecule has 0 saturated carbocycles. The maximum Gasteiger partial charge on any atom is 0.244 e. The van der Waals surface area contributed by atoms with Crippen LogP contribution in [0.5, 0.6) is 0 Å². The minimum absolute atomic E-state index is 0.0265. The minimum atomic E-state index is -0.180. The molecule has 0 radical (unpaired) electrons. The number of aromatic nitrogens is 3. The molecule has 0 saturated heterocycles. The second-order valence-corrected chi connectivity index (χ2v) is 8.18. The Morgan fingerprint density at radius 3 is 2.24 bits per heavy atom. The van der Waals surface area contributed by atoms with Crippen molar-refractivity contribution in [3.63, 3.8) is 0 Å². The Labute approximate surface area is 194 Å². The summed E-state index contributed by atoms with van der Waals surface area (Å²) in [6, 6.07) is 30.2. The lowest BCUT2D eigenvalue weighted by Crippen LogP contribution is -2.21. The van der Waals surface area contributed by atoms with Crippen molar-refractivity contribution in [2.75, 3.05) is 5.32 Å². The predicted molar refractivity (Wildman–Crippen MR) is 136 cm³/mol. The Morgan fingerprint density at radius 2 is 1.50 bits per heavy atom. The molecule has 0 aliphatic heterocycles. The van der Waals surface area contributed by atoms with Crippen LogP contribution in [0.1, 0.15) is 0 Å². The first kappa shape index (κ1) is 19.9. The van der Waals surface area contributed by atoms with Gasteiger partial charge in [0.1, 0.15) is 12.4 Å². The Balaban J connectivity index is 1.34. The van der Waals surface area contributed by atoms with Crippen LogP contribution in [0.3, 0.4) is 0 Å². The van der Waals surface area contributed by atoms with Crippen LogP contribution in [0.4, 0.5) is 5.69 Å². The Kier molecular flexibility index (Phi) is 4.70. The molecule has 0 aliphatic rings. The number of nitrogens with zero attached hydrogens (tertiary/aromatic N) is 2. The molecule has 2 aromatic heterocycles. The molecule has 0 spiro atoms. The van der Waals surface area contributed by atoms with Gasteiger partial charge in [-0.2, -0.15) is 0 Å². The van der Waals surface area contributed by atoms with E-state index in [0.717, 1.165) is 33.5 Å². The van der Waals surface area contributed by atoms with E-state index in [1.165, 1.54) is 0 Å². The summed E-state index contributed by atoms with van der Waals surface area (Å²) in [5.74, 6) is 0.565. The van der Waals surface area contributed by atoms with Crippen LogP contribution >= 0.6 is 0 Å². The van der Waals surface area contributed by atoms with E-state index >= 15 is 0 Å². The summed E-state index contributed by atoms with van der Waals surface area (Å²) in [5.41, 5.74) is 4.86. The monoisotopic (exact) mass is 444 g/mol. The SMILES string of the molecule is O=C(Cn1c2ccccc2c(=O)c2ccccc21)Nc1cccc(-c2nc3ccccc3[nH]2)c1. The number of hydrogen-bond acceptors (Lipinski definition) is 3. The van der Waals surface area contributed by atoms with E-state index in [-0.39, 0.29) is 17.9 Å². The number of benzene rings is 4. The molecule has 6 heteroatoms. The molecule has 0 fully saturated rings. The third kappa shape index (κ3) is 3.42. The number of fused-ring (bicyclic) bond motifs is 3. The second kappa shape index (κ2) is 8.01. The van der Waals surface area contributed by atoms with Crippen molar-refractivity contribution in [3.05, 3.63) is 107 Å². The number of pyridine rings is 1. The third-order valence-corrected chi connectivity index (χ3v) is 5.99. The van der Waals surface area contributed by atoms with Gasteiger partial charge in [-0.25, -0.2) is 4.98 Å². The van der Waals surface area contributed by atoms with Gasteiger partial charge in [0, 0.05) is 22.0 Å². The maximum absolute atomic E-state index is 13.1. The summed E-state index contributed by atoms with van der Waals surface area (Å²) in [7, 11) is 0. The highest BCUT2D eigenvalue weighted by molar-refractivity contribution is 5.97. The molecule has 164 valence electrons. The molecule has 34 heavy (non-hydrogen) atoms. The number of rotatable bonds is 4. The van der Waals surface area contributed by atoms with Gasteiger partial charge in [0.15, 0.2) is 5.43 Å². The van der Waals surface area contributed by atoms with Gasteiger partial charge in [0.2, 0.25) is 5.91 Å².